The van der Waals surface area contributed by atoms with Gasteiger partial charge in [-0.2, -0.15) is 0 Å². The van der Waals surface area contributed by atoms with E-state index in [0.717, 1.165) is 5.69 Å². The lowest BCUT2D eigenvalue weighted by atomic mass is 9.81. The summed E-state index contributed by atoms with van der Waals surface area (Å²) < 4.78 is 0. The van der Waals surface area contributed by atoms with Crippen molar-refractivity contribution in [3.05, 3.63) is 99.6 Å². The topological polar surface area (TPSA) is 26.0 Å². The normalized spacial score (nSPS) is 14.3. The Morgan fingerprint density at radius 2 is 0.906 bits per heavy atom. The van der Waals surface area contributed by atoms with Gasteiger partial charge in [0.1, 0.15) is 0 Å². The maximum Gasteiger partial charge on any atom is 0.0391 e. The predicted octanol–water partition coefficient (Wildman–Crippen LogP) is 8.48. The summed E-state index contributed by atoms with van der Waals surface area (Å²) in [5.74, 6) is 0.497. The van der Waals surface area contributed by atoms with Crippen LogP contribution in [0.4, 0.5) is 5.69 Å². The van der Waals surface area contributed by atoms with Gasteiger partial charge in [0.25, 0.3) is 0 Å². The van der Waals surface area contributed by atoms with Crippen molar-refractivity contribution >= 4 is 5.69 Å². The summed E-state index contributed by atoms with van der Waals surface area (Å²) in [6, 6.07) is 22.6. The Hall–Kier alpha value is -2.54. The summed E-state index contributed by atoms with van der Waals surface area (Å²) in [7, 11) is 0. The van der Waals surface area contributed by atoms with E-state index < -0.39 is 0 Å². The largest absolute Gasteiger partial charge is 0.398 e. The second-order valence-electron chi connectivity index (χ2n) is 11.5. The zero-order chi connectivity index (χ0) is 23.8. The van der Waals surface area contributed by atoms with Crippen molar-refractivity contribution in [1.29, 1.82) is 0 Å². The number of benzene rings is 3. The molecular formula is C31H41N. The molecule has 3 rings (SSSR count). The van der Waals surface area contributed by atoms with Crippen molar-refractivity contribution in [3.8, 4) is 0 Å². The van der Waals surface area contributed by atoms with Gasteiger partial charge in [-0.25, -0.2) is 0 Å². The van der Waals surface area contributed by atoms with E-state index in [-0.39, 0.29) is 22.7 Å². The summed E-state index contributed by atoms with van der Waals surface area (Å²) in [4.78, 5) is 0. The molecule has 0 aromatic heterocycles. The van der Waals surface area contributed by atoms with Crippen molar-refractivity contribution in [2.45, 2.75) is 85.0 Å². The lowest BCUT2D eigenvalue weighted by molar-refractivity contribution is 0.589. The molecule has 3 aromatic carbocycles. The summed E-state index contributed by atoms with van der Waals surface area (Å²) >= 11 is 0. The van der Waals surface area contributed by atoms with E-state index in [4.69, 9.17) is 5.73 Å². The Morgan fingerprint density at radius 3 is 1.19 bits per heavy atom. The van der Waals surface area contributed by atoms with Gasteiger partial charge in [-0.15, -0.1) is 0 Å². The first kappa shape index (κ1) is 24.1. The van der Waals surface area contributed by atoms with Crippen LogP contribution >= 0.6 is 0 Å². The smallest absolute Gasteiger partial charge is 0.0391 e. The Morgan fingerprint density at radius 1 is 0.594 bits per heavy atom. The SMILES string of the molecule is Cc1cc([C@@H](C)c2ccc(C(C)(C)C)cc2)c(N)c([C@@H](C)c2ccc(C(C)(C)C)cc2)c1. The fourth-order valence-corrected chi connectivity index (χ4v) is 4.47. The number of anilines is 1. The quantitative estimate of drug-likeness (QED) is 0.415. The van der Waals surface area contributed by atoms with Crippen molar-refractivity contribution < 1.29 is 0 Å². The zero-order valence-corrected chi connectivity index (χ0v) is 21.5. The van der Waals surface area contributed by atoms with Crippen LogP contribution in [-0.2, 0) is 10.8 Å². The number of aryl methyl sites for hydroxylation is 1. The highest BCUT2D eigenvalue weighted by atomic mass is 14.6. The number of hydrogen-bond donors (Lipinski definition) is 1. The monoisotopic (exact) mass is 427 g/mol. The minimum atomic E-state index is 0.162. The second kappa shape index (κ2) is 8.77. The standard InChI is InChI=1S/C31H41N/c1-20-18-27(21(2)23-10-14-25(15-11-23)30(4,5)6)29(32)28(19-20)22(3)24-12-16-26(17-13-24)31(7,8)9/h10-19,21-22H,32H2,1-9H3/t21-,22-/m0/s1. The van der Waals surface area contributed by atoms with Gasteiger partial charge >= 0.3 is 0 Å². The molecule has 0 saturated heterocycles. The van der Waals surface area contributed by atoms with E-state index in [2.05, 4.69) is 123 Å². The van der Waals surface area contributed by atoms with Gasteiger partial charge in [0.15, 0.2) is 0 Å². The van der Waals surface area contributed by atoms with E-state index in [0.29, 0.717) is 0 Å². The van der Waals surface area contributed by atoms with E-state index >= 15 is 0 Å². The molecule has 0 radical (unpaired) electrons. The van der Waals surface area contributed by atoms with Crippen LogP contribution in [-0.4, -0.2) is 0 Å². The Balaban J connectivity index is 1.96. The number of rotatable bonds is 4. The van der Waals surface area contributed by atoms with E-state index in [1.807, 2.05) is 0 Å². The molecule has 32 heavy (non-hydrogen) atoms. The van der Waals surface area contributed by atoms with Crippen LogP contribution in [0.1, 0.15) is 106 Å². The number of hydrogen-bond acceptors (Lipinski definition) is 1. The highest BCUT2D eigenvalue weighted by molar-refractivity contribution is 5.61. The Kier molecular flexibility index (Phi) is 6.61. The third kappa shape index (κ3) is 5.09. The highest BCUT2D eigenvalue weighted by Gasteiger charge is 2.21. The van der Waals surface area contributed by atoms with Crippen LogP contribution < -0.4 is 5.73 Å². The predicted molar refractivity (Wildman–Crippen MR) is 141 cm³/mol. The lowest BCUT2D eigenvalue weighted by Crippen LogP contribution is -2.12. The first-order valence-electron chi connectivity index (χ1n) is 11.9. The van der Waals surface area contributed by atoms with Gasteiger partial charge in [-0.05, 0) is 51.1 Å². The molecule has 0 heterocycles. The fourth-order valence-electron chi connectivity index (χ4n) is 4.47. The summed E-state index contributed by atoms with van der Waals surface area (Å²) in [6.45, 7) is 20.2. The van der Waals surface area contributed by atoms with Crippen LogP contribution in [0.3, 0.4) is 0 Å². The van der Waals surface area contributed by atoms with Gasteiger partial charge in [0.05, 0.1) is 0 Å². The molecule has 0 bridgehead atoms. The maximum atomic E-state index is 6.83. The van der Waals surface area contributed by atoms with E-state index in [1.165, 1.54) is 38.9 Å². The summed E-state index contributed by atoms with van der Waals surface area (Å²) in [5, 5.41) is 0. The average molecular weight is 428 g/mol. The van der Waals surface area contributed by atoms with Crippen molar-refractivity contribution in [2.24, 2.45) is 0 Å². The lowest BCUT2D eigenvalue weighted by Gasteiger charge is -2.24. The number of nitrogens with two attached hydrogens (primary N) is 1. The van der Waals surface area contributed by atoms with Gasteiger partial charge in [0, 0.05) is 17.5 Å². The van der Waals surface area contributed by atoms with E-state index in [9.17, 15) is 0 Å². The molecule has 1 heteroatoms. The molecular weight excluding hydrogens is 386 g/mol. The van der Waals surface area contributed by atoms with Crippen LogP contribution in [0.15, 0.2) is 60.7 Å². The molecule has 0 spiro atoms. The third-order valence-corrected chi connectivity index (χ3v) is 6.87. The van der Waals surface area contributed by atoms with Crippen molar-refractivity contribution in [2.75, 3.05) is 5.73 Å². The van der Waals surface area contributed by atoms with Crippen LogP contribution in [0.5, 0.6) is 0 Å². The first-order chi connectivity index (χ1) is 14.8. The van der Waals surface area contributed by atoms with Gasteiger partial charge < -0.3 is 5.73 Å². The summed E-state index contributed by atoms with van der Waals surface area (Å²) in [5.41, 5.74) is 17.1. The molecule has 0 aliphatic carbocycles. The molecule has 0 aliphatic rings. The average Bonchev–Trinajstić information content (AvgIpc) is 2.73. The van der Waals surface area contributed by atoms with Crippen LogP contribution in [0, 0.1) is 6.92 Å². The molecule has 0 amide bonds. The first-order valence-corrected chi connectivity index (χ1v) is 11.9. The van der Waals surface area contributed by atoms with Crippen molar-refractivity contribution in [1.82, 2.24) is 0 Å². The number of nitrogen functional groups attached to an aromatic ring is 1. The zero-order valence-electron chi connectivity index (χ0n) is 21.5. The molecule has 0 unspecified atom stereocenters. The Bertz CT molecular complexity index is 973. The maximum absolute atomic E-state index is 6.83. The van der Waals surface area contributed by atoms with Gasteiger partial charge in [0.2, 0.25) is 0 Å². The third-order valence-electron chi connectivity index (χ3n) is 6.87. The molecule has 0 aliphatic heterocycles. The minimum Gasteiger partial charge on any atom is -0.398 e. The molecule has 170 valence electrons. The molecule has 1 nitrogen and oxygen atoms in total. The molecule has 3 aromatic rings. The van der Waals surface area contributed by atoms with Gasteiger partial charge in [-0.3, -0.25) is 0 Å². The molecule has 2 N–H and O–H groups in total. The Labute approximate surface area is 196 Å². The molecule has 0 saturated carbocycles. The highest BCUT2D eigenvalue weighted by Crippen LogP contribution is 2.38. The molecule has 2 atom stereocenters. The molecule has 0 fully saturated rings. The summed E-state index contributed by atoms with van der Waals surface area (Å²) in [6.07, 6.45) is 0. The minimum absolute atomic E-state index is 0.162. The van der Waals surface area contributed by atoms with Crippen LogP contribution in [0.2, 0.25) is 0 Å². The second-order valence-corrected chi connectivity index (χ2v) is 11.5. The van der Waals surface area contributed by atoms with Gasteiger partial charge in [-0.1, -0.05) is 122 Å². The fraction of sp³-hybridized carbons (Fsp3) is 0.419. The van der Waals surface area contributed by atoms with Crippen molar-refractivity contribution in [3.63, 3.8) is 0 Å². The van der Waals surface area contributed by atoms with E-state index in [1.54, 1.807) is 0 Å². The van der Waals surface area contributed by atoms with Crippen LogP contribution in [0.25, 0.3) is 0 Å².